The van der Waals surface area contributed by atoms with E-state index in [1.54, 1.807) is 0 Å². The van der Waals surface area contributed by atoms with Gasteiger partial charge in [0.1, 0.15) is 0 Å². The highest BCUT2D eigenvalue weighted by Crippen LogP contribution is 2.26. The molecule has 0 N–H and O–H groups in total. The molecule has 0 aromatic rings. The molecule has 1 unspecified atom stereocenters. The van der Waals surface area contributed by atoms with Gasteiger partial charge in [0, 0.05) is 13.1 Å². The van der Waals surface area contributed by atoms with Gasteiger partial charge in [0.05, 0.1) is 19.6 Å². The van der Waals surface area contributed by atoms with Crippen molar-refractivity contribution < 1.29 is 22.7 Å². The molecule has 92 valence electrons. The number of rotatable bonds is 5. The van der Waals surface area contributed by atoms with E-state index in [-0.39, 0.29) is 13.0 Å². The normalized spacial score (nSPS) is 13.3. The van der Waals surface area contributed by atoms with Crippen molar-refractivity contribution in [2.24, 2.45) is 5.92 Å². The summed E-state index contributed by atoms with van der Waals surface area (Å²) in [6.07, 6.45) is -4.53. The number of nitriles is 1. The number of esters is 1. The van der Waals surface area contributed by atoms with Gasteiger partial charge < -0.3 is 9.64 Å². The highest BCUT2D eigenvalue weighted by Gasteiger charge is 2.40. The molecule has 0 aromatic heterocycles. The summed E-state index contributed by atoms with van der Waals surface area (Å²) in [6.45, 7) is -0.322. The van der Waals surface area contributed by atoms with Crippen molar-refractivity contribution in [2.75, 3.05) is 27.2 Å². The first-order valence-corrected chi connectivity index (χ1v) is 4.53. The molecular weight excluding hydrogens is 225 g/mol. The molecule has 0 bridgehead atoms. The fraction of sp³-hybridized carbons (Fsp3) is 0.778. The first kappa shape index (κ1) is 14.7. The standard InChI is InChI=1S/C9H13F3N2O2/c1-14(4-3-8(15)16-2)6-7(5-13)9(10,11)12/h7H,3-4,6H2,1-2H3. The Morgan fingerprint density at radius 2 is 2.12 bits per heavy atom. The smallest absolute Gasteiger partial charge is 0.405 e. The van der Waals surface area contributed by atoms with Crippen molar-refractivity contribution in [3.63, 3.8) is 0 Å². The largest absolute Gasteiger partial charge is 0.469 e. The summed E-state index contributed by atoms with van der Waals surface area (Å²) in [7, 11) is 2.62. The van der Waals surface area contributed by atoms with Crippen molar-refractivity contribution in [1.82, 2.24) is 4.90 Å². The lowest BCUT2D eigenvalue weighted by molar-refractivity contribution is -0.162. The SMILES string of the molecule is COC(=O)CCN(C)CC(C#N)C(F)(F)F. The lowest BCUT2D eigenvalue weighted by atomic mass is 10.1. The number of nitrogens with zero attached hydrogens (tertiary/aromatic N) is 2. The van der Waals surface area contributed by atoms with E-state index >= 15 is 0 Å². The van der Waals surface area contributed by atoms with Crippen LogP contribution < -0.4 is 0 Å². The van der Waals surface area contributed by atoms with Crippen LogP contribution >= 0.6 is 0 Å². The molecule has 0 aliphatic carbocycles. The van der Waals surface area contributed by atoms with Gasteiger partial charge in [0.15, 0.2) is 5.92 Å². The predicted molar refractivity (Wildman–Crippen MR) is 49.3 cm³/mol. The number of methoxy groups -OCH3 is 1. The van der Waals surface area contributed by atoms with Gasteiger partial charge in [-0.2, -0.15) is 18.4 Å². The molecule has 0 amide bonds. The van der Waals surface area contributed by atoms with E-state index in [0.29, 0.717) is 0 Å². The van der Waals surface area contributed by atoms with Gasteiger partial charge in [-0.1, -0.05) is 0 Å². The summed E-state index contributed by atoms with van der Waals surface area (Å²) < 4.78 is 41.0. The maximum absolute atomic E-state index is 12.2. The fourth-order valence-corrected chi connectivity index (χ4v) is 1.00. The van der Waals surface area contributed by atoms with E-state index in [9.17, 15) is 18.0 Å². The van der Waals surface area contributed by atoms with Crippen molar-refractivity contribution >= 4 is 5.97 Å². The molecule has 0 fully saturated rings. The number of hydrogen-bond acceptors (Lipinski definition) is 4. The van der Waals surface area contributed by atoms with Crippen molar-refractivity contribution in [1.29, 1.82) is 5.26 Å². The van der Waals surface area contributed by atoms with E-state index in [4.69, 9.17) is 5.26 Å². The molecule has 0 spiro atoms. The topological polar surface area (TPSA) is 53.3 Å². The van der Waals surface area contributed by atoms with Gasteiger partial charge in [0.2, 0.25) is 0 Å². The predicted octanol–water partition coefficient (Wildman–Crippen LogP) is 1.18. The molecule has 0 saturated heterocycles. The first-order valence-electron chi connectivity index (χ1n) is 4.53. The molecule has 0 aromatic carbocycles. The molecule has 1 atom stereocenters. The van der Waals surface area contributed by atoms with Crippen LogP contribution in [0.3, 0.4) is 0 Å². The lowest BCUT2D eigenvalue weighted by Crippen LogP contribution is -2.35. The van der Waals surface area contributed by atoms with E-state index in [0.717, 1.165) is 0 Å². The lowest BCUT2D eigenvalue weighted by Gasteiger charge is -2.20. The minimum absolute atomic E-state index is 0.00298. The Hall–Kier alpha value is -1.29. The number of halogens is 3. The summed E-state index contributed by atoms with van der Waals surface area (Å²) in [5.74, 6) is -2.53. The van der Waals surface area contributed by atoms with Gasteiger partial charge in [-0.25, -0.2) is 0 Å². The average Bonchev–Trinajstić information content (AvgIpc) is 2.20. The zero-order valence-corrected chi connectivity index (χ0v) is 9.04. The Morgan fingerprint density at radius 1 is 1.56 bits per heavy atom. The van der Waals surface area contributed by atoms with Crippen LogP contribution in [0, 0.1) is 17.2 Å². The van der Waals surface area contributed by atoms with Gasteiger partial charge >= 0.3 is 12.1 Å². The maximum atomic E-state index is 12.2. The Morgan fingerprint density at radius 3 is 2.50 bits per heavy atom. The van der Waals surface area contributed by atoms with E-state index < -0.39 is 24.6 Å². The summed E-state index contributed by atoms with van der Waals surface area (Å²) in [5, 5.41) is 8.35. The van der Waals surface area contributed by atoms with E-state index in [2.05, 4.69) is 4.74 Å². The maximum Gasteiger partial charge on any atom is 0.405 e. The highest BCUT2D eigenvalue weighted by molar-refractivity contribution is 5.69. The first-order chi connectivity index (χ1) is 7.31. The highest BCUT2D eigenvalue weighted by atomic mass is 19.4. The molecule has 0 saturated carbocycles. The molecule has 0 aliphatic rings. The molecular formula is C9H13F3N2O2. The van der Waals surface area contributed by atoms with Crippen LogP contribution in [0.4, 0.5) is 13.2 Å². The summed E-state index contributed by atoms with van der Waals surface area (Å²) in [6, 6.07) is 1.19. The van der Waals surface area contributed by atoms with Gasteiger partial charge in [-0.3, -0.25) is 4.79 Å². The quantitative estimate of drug-likeness (QED) is 0.675. The van der Waals surface area contributed by atoms with E-state index in [1.165, 1.54) is 25.1 Å². The minimum Gasteiger partial charge on any atom is -0.469 e. The van der Waals surface area contributed by atoms with E-state index in [1.807, 2.05) is 0 Å². The Labute approximate surface area is 91.6 Å². The van der Waals surface area contributed by atoms with Crippen molar-refractivity contribution in [3.05, 3.63) is 0 Å². The zero-order valence-electron chi connectivity index (χ0n) is 9.04. The monoisotopic (exact) mass is 238 g/mol. The van der Waals surface area contributed by atoms with Gasteiger partial charge in [0.25, 0.3) is 0 Å². The molecule has 0 heterocycles. The number of hydrogen-bond donors (Lipinski definition) is 0. The van der Waals surface area contributed by atoms with Crippen LogP contribution in [0.25, 0.3) is 0 Å². The Kier molecular flexibility index (Phi) is 5.82. The van der Waals surface area contributed by atoms with Crippen LogP contribution in [0.15, 0.2) is 0 Å². The number of carbonyl (C=O) groups excluding carboxylic acids is 1. The number of ether oxygens (including phenoxy) is 1. The summed E-state index contributed by atoms with van der Waals surface area (Å²) in [4.78, 5) is 12.0. The molecule has 0 radical (unpaired) electrons. The third kappa shape index (κ3) is 5.56. The third-order valence-electron chi connectivity index (χ3n) is 1.97. The number of alkyl halides is 3. The Bertz CT molecular complexity index is 273. The Balaban J connectivity index is 4.08. The van der Waals surface area contributed by atoms with Crippen molar-refractivity contribution in [3.8, 4) is 6.07 Å². The average molecular weight is 238 g/mol. The fourth-order valence-electron chi connectivity index (χ4n) is 1.00. The van der Waals surface area contributed by atoms with Gasteiger partial charge in [-0.05, 0) is 7.05 Å². The summed E-state index contributed by atoms with van der Waals surface area (Å²) in [5.41, 5.74) is 0. The van der Waals surface area contributed by atoms with Crippen molar-refractivity contribution in [2.45, 2.75) is 12.6 Å². The second-order valence-electron chi connectivity index (χ2n) is 3.31. The zero-order chi connectivity index (χ0) is 12.8. The second kappa shape index (κ2) is 6.33. The molecule has 0 rings (SSSR count). The summed E-state index contributed by atoms with van der Waals surface area (Å²) >= 11 is 0. The minimum atomic E-state index is -4.53. The van der Waals surface area contributed by atoms with Crippen LogP contribution in [-0.2, 0) is 9.53 Å². The molecule has 4 nitrogen and oxygen atoms in total. The number of carbonyl (C=O) groups is 1. The van der Waals surface area contributed by atoms with Crippen LogP contribution in [0.1, 0.15) is 6.42 Å². The van der Waals surface area contributed by atoms with Crippen LogP contribution in [-0.4, -0.2) is 44.3 Å². The molecule has 7 heteroatoms. The van der Waals surface area contributed by atoms with Crippen LogP contribution in [0.5, 0.6) is 0 Å². The van der Waals surface area contributed by atoms with Crippen LogP contribution in [0.2, 0.25) is 0 Å². The third-order valence-corrected chi connectivity index (χ3v) is 1.97. The van der Waals surface area contributed by atoms with Gasteiger partial charge in [-0.15, -0.1) is 0 Å². The molecule has 0 aliphatic heterocycles. The molecule has 16 heavy (non-hydrogen) atoms. The second-order valence-corrected chi connectivity index (χ2v) is 3.31.